The van der Waals surface area contributed by atoms with Crippen LogP contribution >= 0.6 is 11.6 Å². The molecule has 0 bridgehead atoms. The first-order valence-electron chi connectivity index (χ1n) is 12.4. The largest absolute Gasteiger partial charge is 0.478 e. The Morgan fingerprint density at radius 3 is 1.88 bits per heavy atom. The van der Waals surface area contributed by atoms with E-state index in [0.29, 0.717) is 22.8 Å². The summed E-state index contributed by atoms with van der Waals surface area (Å²) in [5.41, 5.74) is 1.91. The van der Waals surface area contributed by atoms with Crippen LogP contribution in [0.3, 0.4) is 0 Å². The van der Waals surface area contributed by atoms with Gasteiger partial charge >= 0.3 is 18.1 Å². The van der Waals surface area contributed by atoms with Gasteiger partial charge in [0.2, 0.25) is 5.95 Å². The predicted molar refractivity (Wildman–Crippen MR) is 151 cm³/mol. The van der Waals surface area contributed by atoms with E-state index in [4.69, 9.17) is 21.8 Å². The van der Waals surface area contributed by atoms with E-state index in [2.05, 4.69) is 9.97 Å². The second kappa shape index (κ2) is 11.2. The van der Waals surface area contributed by atoms with Crippen LogP contribution in [0.15, 0.2) is 85.5 Å². The third-order valence-corrected chi connectivity index (χ3v) is 6.75. The van der Waals surface area contributed by atoms with Crippen molar-refractivity contribution in [3.05, 3.63) is 119 Å². The lowest BCUT2D eigenvalue weighted by molar-refractivity contribution is -0.137. The number of fused-ring (bicyclic) bond motifs is 2. The number of nitrogens with zero attached hydrogens (tertiary/aromatic N) is 4. The first-order valence-corrected chi connectivity index (χ1v) is 12.8. The molecule has 0 spiro atoms. The zero-order valence-electron chi connectivity index (χ0n) is 22.0. The summed E-state index contributed by atoms with van der Waals surface area (Å²) in [5, 5.41) is 19.1. The van der Waals surface area contributed by atoms with Gasteiger partial charge in [-0.05, 0) is 73.2 Å². The van der Waals surface area contributed by atoms with Crippen LogP contribution in [0.4, 0.5) is 17.6 Å². The number of rotatable bonds is 4. The predicted octanol–water partition coefficient (Wildman–Crippen LogP) is 7.57. The normalized spacial score (nSPS) is 11.4. The Morgan fingerprint density at radius 2 is 1.35 bits per heavy atom. The van der Waals surface area contributed by atoms with Gasteiger partial charge in [0.1, 0.15) is 5.69 Å². The van der Waals surface area contributed by atoms with Gasteiger partial charge < -0.3 is 14.8 Å². The molecule has 0 saturated heterocycles. The average molecular weight is 611 g/mol. The molecule has 0 aliphatic heterocycles. The molecule has 6 rings (SSSR count). The molecule has 0 amide bonds. The third kappa shape index (κ3) is 5.90. The van der Waals surface area contributed by atoms with Crippen LogP contribution in [0.25, 0.3) is 33.3 Å². The van der Waals surface area contributed by atoms with E-state index < -0.39 is 29.6 Å². The maximum Gasteiger partial charge on any atom is 0.417 e. The monoisotopic (exact) mass is 610 g/mol. The summed E-state index contributed by atoms with van der Waals surface area (Å²) in [6.07, 6.45) is 0.920. The SMILES string of the molecule is Cc1cnc(F)c(-n2ccc3cc(C(=O)O)ccc32)c1.O=C(O)c1ccc2c(ccn2-c2ncc(C(F)(F)F)cc2Cl)c1. The summed E-state index contributed by atoms with van der Waals surface area (Å²) in [7, 11) is 0. The maximum absolute atomic E-state index is 13.8. The number of aromatic carboxylic acids is 2. The number of hydrogen-bond acceptors (Lipinski definition) is 4. The number of alkyl halides is 3. The summed E-state index contributed by atoms with van der Waals surface area (Å²) in [5.74, 6) is -2.47. The summed E-state index contributed by atoms with van der Waals surface area (Å²) >= 11 is 5.93. The Bertz CT molecular complexity index is 2030. The smallest absolute Gasteiger partial charge is 0.417 e. The van der Waals surface area contributed by atoms with E-state index in [9.17, 15) is 27.2 Å². The summed E-state index contributed by atoms with van der Waals surface area (Å²) in [4.78, 5) is 29.4. The Kier molecular flexibility index (Phi) is 7.63. The van der Waals surface area contributed by atoms with Crippen LogP contribution in [0, 0.1) is 12.9 Å². The zero-order chi connectivity index (χ0) is 31.1. The number of carbonyl (C=O) groups is 2. The van der Waals surface area contributed by atoms with Gasteiger partial charge in [-0.3, -0.25) is 4.57 Å². The van der Waals surface area contributed by atoms with E-state index in [1.165, 1.54) is 29.0 Å². The number of hydrogen-bond donors (Lipinski definition) is 2. The van der Waals surface area contributed by atoms with Crippen LogP contribution in [0.1, 0.15) is 31.8 Å². The lowest BCUT2D eigenvalue weighted by atomic mass is 10.1. The fourth-order valence-electron chi connectivity index (χ4n) is 4.41. The van der Waals surface area contributed by atoms with Crippen molar-refractivity contribution in [2.45, 2.75) is 13.1 Å². The maximum atomic E-state index is 13.8. The highest BCUT2D eigenvalue weighted by atomic mass is 35.5. The molecule has 6 aromatic rings. The molecular formula is C30H19ClF4N4O4. The molecule has 4 heterocycles. The van der Waals surface area contributed by atoms with Gasteiger partial charge in [-0.1, -0.05) is 11.6 Å². The highest BCUT2D eigenvalue weighted by Crippen LogP contribution is 2.33. The van der Waals surface area contributed by atoms with Crippen LogP contribution in [0.2, 0.25) is 5.02 Å². The Morgan fingerprint density at radius 1 is 0.791 bits per heavy atom. The van der Waals surface area contributed by atoms with Crippen molar-refractivity contribution in [1.29, 1.82) is 0 Å². The Labute approximate surface area is 245 Å². The van der Waals surface area contributed by atoms with E-state index in [0.717, 1.165) is 22.5 Å². The van der Waals surface area contributed by atoms with Crippen molar-refractivity contribution >= 4 is 45.3 Å². The number of halogens is 5. The van der Waals surface area contributed by atoms with Gasteiger partial charge in [-0.15, -0.1) is 0 Å². The molecule has 0 aliphatic rings. The third-order valence-electron chi connectivity index (χ3n) is 6.47. The fourth-order valence-corrected chi connectivity index (χ4v) is 4.67. The topological polar surface area (TPSA) is 110 Å². The van der Waals surface area contributed by atoms with Crippen molar-refractivity contribution in [2.24, 2.45) is 0 Å². The molecule has 2 aromatic carbocycles. The van der Waals surface area contributed by atoms with Gasteiger partial charge in [-0.25, -0.2) is 19.6 Å². The Hall–Kier alpha value is -5.23. The molecule has 8 nitrogen and oxygen atoms in total. The van der Waals surface area contributed by atoms with E-state index in [1.54, 1.807) is 53.4 Å². The van der Waals surface area contributed by atoms with E-state index in [1.807, 2.05) is 6.92 Å². The summed E-state index contributed by atoms with van der Waals surface area (Å²) < 4.78 is 55.0. The summed E-state index contributed by atoms with van der Waals surface area (Å²) in [6.45, 7) is 1.84. The number of pyridine rings is 2. The molecule has 0 aliphatic carbocycles. The molecule has 0 unspecified atom stereocenters. The number of aromatic nitrogens is 4. The second-order valence-electron chi connectivity index (χ2n) is 9.38. The standard InChI is InChI=1S/C15H8ClF3N2O2.C15H11FN2O2/c16-11-6-10(15(17,18)19)7-20-13(11)21-4-3-8-5-9(14(22)23)1-2-12(8)21;1-9-6-13(14(16)17-8-9)18-5-4-10-7-11(15(19)20)2-3-12(10)18/h1-7H,(H,22,23);2-8H,1H3,(H,19,20). The molecular weight excluding hydrogens is 592 g/mol. The molecule has 43 heavy (non-hydrogen) atoms. The van der Waals surface area contributed by atoms with Gasteiger partial charge in [0.05, 0.1) is 32.7 Å². The molecule has 0 radical (unpaired) electrons. The minimum atomic E-state index is -4.52. The van der Waals surface area contributed by atoms with Gasteiger partial charge in [-0.2, -0.15) is 17.6 Å². The number of aryl methyl sites for hydroxylation is 1. The van der Waals surface area contributed by atoms with Crippen molar-refractivity contribution in [2.75, 3.05) is 0 Å². The fraction of sp³-hybridized carbons (Fsp3) is 0.0667. The molecule has 4 aromatic heterocycles. The van der Waals surface area contributed by atoms with Gasteiger partial charge in [0.15, 0.2) is 5.82 Å². The van der Waals surface area contributed by atoms with Gasteiger partial charge in [0.25, 0.3) is 0 Å². The van der Waals surface area contributed by atoms with Crippen LogP contribution in [-0.2, 0) is 6.18 Å². The lowest BCUT2D eigenvalue weighted by Crippen LogP contribution is -2.07. The molecule has 13 heteroatoms. The highest BCUT2D eigenvalue weighted by Gasteiger charge is 2.31. The zero-order valence-corrected chi connectivity index (χ0v) is 22.7. The van der Waals surface area contributed by atoms with Crippen LogP contribution < -0.4 is 0 Å². The van der Waals surface area contributed by atoms with Crippen molar-refractivity contribution in [3.63, 3.8) is 0 Å². The van der Waals surface area contributed by atoms with E-state index >= 15 is 0 Å². The van der Waals surface area contributed by atoms with Crippen molar-refractivity contribution < 1.29 is 37.4 Å². The quantitative estimate of drug-likeness (QED) is 0.157. The molecule has 0 fully saturated rings. The van der Waals surface area contributed by atoms with Gasteiger partial charge in [0, 0.05) is 35.6 Å². The first-order chi connectivity index (χ1) is 20.3. The minimum absolute atomic E-state index is 0.113. The molecule has 0 saturated carbocycles. The molecule has 2 N–H and O–H groups in total. The molecule has 218 valence electrons. The lowest BCUT2D eigenvalue weighted by Gasteiger charge is -2.10. The van der Waals surface area contributed by atoms with Crippen molar-refractivity contribution in [3.8, 4) is 11.5 Å². The van der Waals surface area contributed by atoms with E-state index in [-0.39, 0.29) is 22.0 Å². The summed E-state index contributed by atoms with van der Waals surface area (Å²) in [6, 6.07) is 15.0. The first kappa shape index (κ1) is 29.3. The van der Waals surface area contributed by atoms with Crippen molar-refractivity contribution in [1.82, 2.24) is 19.1 Å². The number of benzene rings is 2. The number of carboxylic acids is 2. The average Bonchev–Trinajstić information content (AvgIpc) is 3.57. The highest BCUT2D eigenvalue weighted by molar-refractivity contribution is 6.32. The Balaban J connectivity index is 0.000000173. The van der Waals surface area contributed by atoms with Crippen LogP contribution in [-0.4, -0.2) is 41.3 Å². The second-order valence-corrected chi connectivity index (χ2v) is 9.79. The minimum Gasteiger partial charge on any atom is -0.478 e. The number of carboxylic acid groups (broad SMARTS) is 2. The van der Waals surface area contributed by atoms with Crippen LogP contribution in [0.5, 0.6) is 0 Å². The molecule has 0 atom stereocenters.